The number of aryl methyl sites for hydroxylation is 1. The van der Waals surface area contributed by atoms with Gasteiger partial charge in [-0.05, 0) is 48.4 Å². The minimum Gasteiger partial charge on any atom is -0.493 e. The number of anilines is 2. The summed E-state index contributed by atoms with van der Waals surface area (Å²) in [5.74, 6) is 2.41. The molecule has 1 N–H and O–H groups in total. The van der Waals surface area contributed by atoms with Crippen LogP contribution < -0.4 is 19.5 Å². The van der Waals surface area contributed by atoms with Crippen molar-refractivity contribution in [3.05, 3.63) is 77.5 Å². The maximum atomic E-state index is 12.2. The third-order valence-corrected chi connectivity index (χ3v) is 5.86. The van der Waals surface area contributed by atoms with Gasteiger partial charge in [-0.25, -0.2) is 0 Å². The summed E-state index contributed by atoms with van der Waals surface area (Å²) in [6.07, 6.45) is 2.81. The van der Waals surface area contributed by atoms with Crippen LogP contribution in [0.15, 0.2) is 60.8 Å². The molecule has 3 aromatic carbocycles. The molecule has 34 heavy (non-hydrogen) atoms. The molecule has 0 unspecified atom stereocenters. The molecule has 7 nitrogen and oxygen atoms in total. The van der Waals surface area contributed by atoms with Crippen molar-refractivity contribution in [3.8, 4) is 29.1 Å². The molecule has 0 radical (unpaired) electrons. The first-order valence-electron chi connectivity index (χ1n) is 10.8. The summed E-state index contributed by atoms with van der Waals surface area (Å²) in [6, 6.07) is 18.8. The number of benzene rings is 3. The third-order valence-electron chi connectivity index (χ3n) is 5.86. The number of hydrogen-bond acceptors (Lipinski definition) is 7. The predicted octanol–water partition coefficient (Wildman–Crippen LogP) is 5.79. The van der Waals surface area contributed by atoms with E-state index in [1.54, 1.807) is 26.4 Å². The normalized spacial score (nSPS) is 12.2. The maximum absolute atomic E-state index is 12.2. The zero-order chi connectivity index (χ0) is 23.7. The van der Waals surface area contributed by atoms with Gasteiger partial charge in [0.1, 0.15) is 17.6 Å². The van der Waals surface area contributed by atoms with E-state index in [-0.39, 0.29) is 5.78 Å². The lowest BCUT2D eigenvalue weighted by Gasteiger charge is -2.15. The summed E-state index contributed by atoms with van der Waals surface area (Å²) in [4.78, 5) is 16.6. The van der Waals surface area contributed by atoms with Gasteiger partial charge in [-0.1, -0.05) is 12.1 Å². The van der Waals surface area contributed by atoms with E-state index in [0.29, 0.717) is 51.7 Å². The molecule has 7 heteroatoms. The van der Waals surface area contributed by atoms with Crippen LogP contribution in [0.3, 0.4) is 0 Å². The van der Waals surface area contributed by atoms with Gasteiger partial charge in [0.25, 0.3) is 0 Å². The fourth-order valence-electron chi connectivity index (χ4n) is 4.18. The Hall–Kier alpha value is -4.57. The van der Waals surface area contributed by atoms with Crippen molar-refractivity contribution in [2.24, 2.45) is 0 Å². The van der Waals surface area contributed by atoms with Crippen LogP contribution in [0, 0.1) is 11.3 Å². The van der Waals surface area contributed by atoms with Crippen LogP contribution in [0.2, 0.25) is 0 Å². The van der Waals surface area contributed by atoms with E-state index in [1.807, 2.05) is 42.5 Å². The predicted molar refractivity (Wildman–Crippen MR) is 128 cm³/mol. The van der Waals surface area contributed by atoms with Crippen molar-refractivity contribution in [1.82, 2.24) is 4.98 Å². The van der Waals surface area contributed by atoms with Crippen LogP contribution in [-0.2, 0) is 6.42 Å². The fourth-order valence-corrected chi connectivity index (χ4v) is 4.18. The van der Waals surface area contributed by atoms with Crippen LogP contribution >= 0.6 is 0 Å². The summed E-state index contributed by atoms with van der Waals surface area (Å²) in [7, 11) is 3.13. The average molecular weight is 451 g/mol. The van der Waals surface area contributed by atoms with E-state index >= 15 is 0 Å². The van der Waals surface area contributed by atoms with Gasteiger partial charge in [0.05, 0.1) is 36.6 Å². The second-order valence-electron chi connectivity index (χ2n) is 7.85. The quantitative estimate of drug-likeness (QED) is 0.397. The number of Topliss-reactive ketones (excluding diaryl/α,β-unsaturated/α-hetero) is 1. The van der Waals surface area contributed by atoms with Gasteiger partial charge in [-0.2, -0.15) is 5.26 Å². The molecule has 0 saturated heterocycles. The molecular weight excluding hydrogens is 430 g/mol. The second kappa shape index (κ2) is 8.75. The van der Waals surface area contributed by atoms with Crippen molar-refractivity contribution in [3.63, 3.8) is 0 Å². The summed E-state index contributed by atoms with van der Waals surface area (Å²) >= 11 is 0. The molecule has 168 valence electrons. The number of rotatable bonds is 6. The Bertz CT molecular complexity index is 1460. The van der Waals surface area contributed by atoms with Gasteiger partial charge < -0.3 is 19.5 Å². The van der Waals surface area contributed by atoms with Crippen molar-refractivity contribution < 1.29 is 19.0 Å². The minimum absolute atomic E-state index is 0.115. The number of ether oxygens (including phenoxy) is 3. The van der Waals surface area contributed by atoms with E-state index in [0.717, 1.165) is 23.1 Å². The highest BCUT2D eigenvalue weighted by molar-refractivity contribution is 6.03. The Morgan fingerprint density at radius 2 is 1.74 bits per heavy atom. The molecule has 0 aliphatic heterocycles. The molecule has 0 saturated carbocycles. The first-order chi connectivity index (χ1) is 16.6. The Kier molecular flexibility index (Phi) is 5.48. The molecule has 0 spiro atoms. The molecule has 5 rings (SSSR count). The minimum atomic E-state index is 0.115. The number of aromatic nitrogens is 1. The monoisotopic (exact) mass is 451 g/mol. The van der Waals surface area contributed by atoms with Gasteiger partial charge in [-0.3, -0.25) is 9.78 Å². The Morgan fingerprint density at radius 1 is 0.971 bits per heavy atom. The molecule has 0 bridgehead atoms. The second-order valence-corrected chi connectivity index (χ2v) is 7.85. The summed E-state index contributed by atoms with van der Waals surface area (Å²) in [5.41, 5.74) is 4.16. The highest BCUT2D eigenvalue weighted by atomic mass is 16.5. The number of nitrogens with zero attached hydrogens (tertiary/aromatic N) is 2. The Morgan fingerprint density at radius 3 is 2.47 bits per heavy atom. The number of nitrogens with one attached hydrogen (secondary N) is 1. The Balaban J connectivity index is 1.46. The zero-order valence-corrected chi connectivity index (χ0v) is 18.7. The molecular formula is C27H21N3O4. The zero-order valence-electron chi connectivity index (χ0n) is 18.7. The Labute approximate surface area is 196 Å². The van der Waals surface area contributed by atoms with Crippen LogP contribution in [0.5, 0.6) is 23.0 Å². The van der Waals surface area contributed by atoms with Gasteiger partial charge in [0, 0.05) is 29.8 Å². The number of nitriles is 1. The molecule has 1 aliphatic rings. The van der Waals surface area contributed by atoms with E-state index in [9.17, 15) is 10.1 Å². The van der Waals surface area contributed by atoms with Gasteiger partial charge in [0.2, 0.25) is 0 Å². The van der Waals surface area contributed by atoms with Crippen molar-refractivity contribution in [1.29, 1.82) is 5.26 Å². The number of pyridine rings is 1. The van der Waals surface area contributed by atoms with Crippen LogP contribution in [-0.4, -0.2) is 25.0 Å². The first kappa shape index (κ1) is 21.3. The fraction of sp³-hybridized carbons (Fsp3) is 0.148. The third kappa shape index (κ3) is 3.76. The van der Waals surface area contributed by atoms with Crippen molar-refractivity contribution >= 4 is 28.1 Å². The number of ketones is 1. The lowest BCUT2D eigenvalue weighted by Crippen LogP contribution is -1.99. The van der Waals surface area contributed by atoms with Gasteiger partial charge in [-0.15, -0.1) is 0 Å². The van der Waals surface area contributed by atoms with Crippen molar-refractivity contribution in [2.75, 3.05) is 19.5 Å². The van der Waals surface area contributed by atoms with Crippen LogP contribution in [0.4, 0.5) is 11.4 Å². The first-order valence-corrected chi connectivity index (χ1v) is 10.8. The summed E-state index contributed by atoms with van der Waals surface area (Å²) < 4.78 is 16.8. The summed E-state index contributed by atoms with van der Waals surface area (Å²) in [6.45, 7) is 0. The van der Waals surface area contributed by atoms with Gasteiger partial charge in [0.15, 0.2) is 17.3 Å². The highest BCUT2D eigenvalue weighted by Gasteiger charge is 2.23. The highest BCUT2D eigenvalue weighted by Crippen LogP contribution is 2.38. The van der Waals surface area contributed by atoms with Crippen molar-refractivity contribution in [2.45, 2.75) is 12.8 Å². The number of methoxy groups -OCH3 is 2. The molecule has 1 heterocycles. The van der Waals surface area contributed by atoms with Crippen LogP contribution in [0.1, 0.15) is 27.9 Å². The van der Waals surface area contributed by atoms with E-state index in [2.05, 4.69) is 16.4 Å². The molecule has 0 amide bonds. The van der Waals surface area contributed by atoms with Crippen LogP contribution in [0.25, 0.3) is 10.9 Å². The molecule has 1 aliphatic carbocycles. The molecule has 4 aromatic rings. The lowest BCUT2D eigenvalue weighted by molar-refractivity contribution is 0.0992. The number of hydrogen-bond donors (Lipinski definition) is 1. The number of carbonyl (C=O) groups excluding carboxylic acids is 1. The summed E-state index contributed by atoms with van der Waals surface area (Å²) in [5, 5.41) is 13.7. The number of carbonyl (C=O) groups is 1. The molecule has 0 fully saturated rings. The largest absolute Gasteiger partial charge is 0.493 e. The molecule has 0 atom stereocenters. The topological polar surface area (TPSA) is 93.5 Å². The van der Waals surface area contributed by atoms with E-state index in [1.165, 1.54) is 6.20 Å². The lowest BCUT2D eigenvalue weighted by atomic mass is 10.1. The molecule has 1 aromatic heterocycles. The SMILES string of the molecule is COc1cc2ncc(C#N)c(Nc3ccc(Oc4cccc5c4C(=O)CC5)cc3)c2cc1OC. The van der Waals surface area contributed by atoms with E-state index in [4.69, 9.17) is 14.2 Å². The standard InChI is InChI=1S/C27H21N3O4/c1-32-24-12-20-21(13-25(24)33-2)29-15-17(14-28)27(20)30-18-7-9-19(10-8-18)34-23-5-3-4-16-6-11-22(31)26(16)23/h3-5,7-10,12-13,15H,6,11H2,1-2H3,(H,29,30). The van der Waals surface area contributed by atoms with E-state index < -0.39 is 0 Å². The average Bonchev–Trinajstić information content (AvgIpc) is 3.26. The number of fused-ring (bicyclic) bond motifs is 2. The van der Waals surface area contributed by atoms with Gasteiger partial charge >= 0.3 is 0 Å². The maximum Gasteiger partial charge on any atom is 0.167 e. The smallest absolute Gasteiger partial charge is 0.167 e.